The van der Waals surface area contributed by atoms with Gasteiger partial charge in [-0.25, -0.2) is 14.4 Å². The third-order valence-corrected chi connectivity index (χ3v) is 3.56. The van der Waals surface area contributed by atoms with Gasteiger partial charge in [0.25, 0.3) is 0 Å². The van der Waals surface area contributed by atoms with E-state index in [0.29, 0.717) is 5.82 Å². The zero-order valence-corrected chi connectivity index (χ0v) is 11.6. The van der Waals surface area contributed by atoms with Gasteiger partial charge in [0.2, 0.25) is 0 Å². The van der Waals surface area contributed by atoms with Crippen molar-refractivity contribution in [2.24, 2.45) is 0 Å². The van der Waals surface area contributed by atoms with Crippen molar-refractivity contribution in [1.82, 2.24) is 9.97 Å². The Kier molecular flexibility index (Phi) is 3.63. The second-order valence-corrected chi connectivity index (χ2v) is 5.11. The molecule has 1 aliphatic carbocycles. The highest BCUT2D eigenvalue weighted by atomic mass is 19.1. The zero-order chi connectivity index (χ0) is 13.9. The lowest BCUT2D eigenvalue weighted by molar-refractivity contribution is 0.628. The summed E-state index contributed by atoms with van der Waals surface area (Å²) < 4.78 is 13.4. The van der Waals surface area contributed by atoms with E-state index in [1.54, 1.807) is 6.07 Å². The number of halogens is 1. The second-order valence-electron chi connectivity index (χ2n) is 5.11. The monoisotopic (exact) mass is 271 g/mol. The number of aromatic nitrogens is 2. The van der Waals surface area contributed by atoms with Gasteiger partial charge < -0.3 is 5.32 Å². The molecule has 3 rings (SSSR count). The maximum atomic E-state index is 13.4. The van der Waals surface area contributed by atoms with Crippen LogP contribution in [0, 0.1) is 5.82 Å². The lowest BCUT2D eigenvalue weighted by atomic mass is 10.1. The molecule has 2 aromatic rings. The van der Waals surface area contributed by atoms with Crippen molar-refractivity contribution in [3.05, 3.63) is 41.3 Å². The van der Waals surface area contributed by atoms with Gasteiger partial charge in [-0.15, -0.1) is 0 Å². The number of hydrogen-bond acceptors (Lipinski definition) is 3. The van der Waals surface area contributed by atoms with E-state index in [0.717, 1.165) is 49.3 Å². The summed E-state index contributed by atoms with van der Waals surface area (Å²) in [5.74, 6) is 1.28. The Hall–Kier alpha value is -1.97. The Morgan fingerprint density at radius 2 is 2.15 bits per heavy atom. The average molecular weight is 271 g/mol. The van der Waals surface area contributed by atoms with E-state index >= 15 is 0 Å². The summed E-state index contributed by atoms with van der Waals surface area (Å²) in [6.07, 6.45) is 4.19. The van der Waals surface area contributed by atoms with Crippen molar-refractivity contribution in [3.8, 4) is 11.4 Å². The Bertz CT molecular complexity index is 625. The average Bonchev–Trinajstić information content (AvgIpc) is 2.93. The number of nitrogens with zero attached hydrogens (tertiary/aromatic N) is 2. The second kappa shape index (κ2) is 5.57. The van der Waals surface area contributed by atoms with Crippen LogP contribution >= 0.6 is 0 Å². The molecule has 0 atom stereocenters. The molecule has 20 heavy (non-hydrogen) atoms. The minimum atomic E-state index is -0.255. The van der Waals surface area contributed by atoms with Crippen LogP contribution in [0.1, 0.15) is 31.0 Å². The molecule has 0 spiro atoms. The van der Waals surface area contributed by atoms with E-state index in [2.05, 4.69) is 22.2 Å². The molecule has 0 saturated carbocycles. The summed E-state index contributed by atoms with van der Waals surface area (Å²) in [5, 5.41) is 3.37. The van der Waals surface area contributed by atoms with E-state index in [4.69, 9.17) is 0 Å². The third-order valence-electron chi connectivity index (χ3n) is 3.56. The standard InChI is InChI=1S/C16H18FN3/c1-2-9-18-16-13-7-4-8-14(13)19-15(20-16)11-5-3-6-12(17)10-11/h3,5-6,10H,2,4,7-9H2,1H3,(H,18,19,20). The summed E-state index contributed by atoms with van der Waals surface area (Å²) in [7, 11) is 0. The lowest BCUT2D eigenvalue weighted by Crippen LogP contribution is -2.08. The highest BCUT2D eigenvalue weighted by Gasteiger charge is 2.19. The van der Waals surface area contributed by atoms with Gasteiger partial charge in [-0.1, -0.05) is 19.1 Å². The number of hydrogen-bond donors (Lipinski definition) is 1. The van der Waals surface area contributed by atoms with Crippen molar-refractivity contribution in [2.45, 2.75) is 32.6 Å². The lowest BCUT2D eigenvalue weighted by Gasteiger charge is -2.11. The first-order chi connectivity index (χ1) is 9.78. The fourth-order valence-electron chi connectivity index (χ4n) is 2.58. The van der Waals surface area contributed by atoms with Crippen LogP contribution in [0.3, 0.4) is 0 Å². The minimum Gasteiger partial charge on any atom is -0.370 e. The molecule has 1 aromatic carbocycles. The molecule has 0 aliphatic heterocycles. The summed E-state index contributed by atoms with van der Waals surface area (Å²) in [4.78, 5) is 9.22. The zero-order valence-electron chi connectivity index (χ0n) is 11.6. The van der Waals surface area contributed by atoms with Gasteiger partial charge in [-0.05, 0) is 37.8 Å². The quantitative estimate of drug-likeness (QED) is 0.923. The highest BCUT2D eigenvalue weighted by Crippen LogP contribution is 2.29. The first-order valence-corrected chi connectivity index (χ1v) is 7.17. The number of nitrogens with one attached hydrogen (secondary N) is 1. The molecule has 0 radical (unpaired) electrons. The third kappa shape index (κ3) is 2.50. The van der Waals surface area contributed by atoms with Crippen LogP contribution in [-0.4, -0.2) is 16.5 Å². The van der Waals surface area contributed by atoms with Crippen molar-refractivity contribution in [3.63, 3.8) is 0 Å². The van der Waals surface area contributed by atoms with Gasteiger partial charge in [0.1, 0.15) is 11.6 Å². The van der Waals surface area contributed by atoms with Crippen molar-refractivity contribution in [2.75, 3.05) is 11.9 Å². The van der Waals surface area contributed by atoms with E-state index in [-0.39, 0.29) is 5.82 Å². The molecule has 0 bridgehead atoms. The fourth-order valence-corrected chi connectivity index (χ4v) is 2.58. The van der Waals surface area contributed by atoms with Crippen molar-refractivity contribution in [1.29, 1.82) is 0 Å². The van der Waals surface area contributed by atoms with Crippen molar-refractivity contribution < 1.29 is 4.39 Å². The van der Waals surface area contributed by atoms with Gasteiger partial charge in [0.15, 0.2) is 5.82 Å². The summed E-state index contributed by atoms with van der Waals surface area (Å²) >= 11 is 0. The number of rotatable bonds is 4. The number of anilines is 1. The molecule has 3 nitrogen and oxygen atoms in total. The van der Waals surface area contributed by atoms with Gasteiger partial charge >= 0.3 is 0 Å². The summed E-state index contributed by atoms with van der Waals surface area (Å²) in [6, 6.07) is 6.47. The topological polar surface area (TPSA) is 37.8 Å². The maximum Gasteiger partial charge on any atom is 0.161 e. The predicted octanol–water partition coefficient (Wildman–Crippen LogP) is 3.59. The van der Waals surface area contributed by atoms with Crippen LogP contribution in [0.5, 0.6) is 0 Å². The summed E-state index contributed by atoms with van der Waals surface area (Å²) in [6.45, 7) is 3.02. The van der Waals surface area contributed by atoms with Crippen LogP contribution in [0.2, 0.25) is 0 Å². The fraction of sp³-hybridized carbons (Fsp3) is 0.375. The number of aryl methyl sites for hydroxylation is 1. The molecule has 0 unspecified atom stereocenters. The first-order valence-electron chi connectivity index (χ1n) is 7.17. The van der Waals surface area contributed by atoms with Crippen LogP contribution in [0.25, 0.3) is 11.4 Å². The van der Waals surface area contributed by atoms with Crippen LogP contribution in [0.4, 0.5) is 10.2 Å². The van der Waals surface area contributed by atoms with E-state index in [1.165, 1.54) is 17.7 Å². The maximum absolute atomic E-state index is 13.4. The summed E-state index contributed by atoms with van der Waals surface area (Å²) in [5.41, 5.74) is 3.08. The molecule has 104 valence electrons. The van der Waals surface area contributed by atoms with Crippen molar-refractivity contribution >= 4 is 5.82 Å². The Labute approximate surface area is 118 Å². The molecule has 4 heteroatoms. The van der Waals surface area contributed by atoms with Gasteiger partial charge in [0, 0.05) is 23.4 Å². The van der Waals surface area contributed by atoms with Gasteiger partial charge in [-0.3, -0.25) is 0 Å². The molecule has 1 aromatic heterocycles. The normalized spacial score (nSPS) is 13.3. The molecule has 1 heterocycles. The molecular formula is C16H18FN3. The van der Waals surface area contributed by atoms with Crippen LogP contribution < -0.4 is 5.32 Å². The molecule has 0 amide bonds. The van der Waals surface area contributed by atoms with E-state index in [1.807, 2.05) is 6.07 Å². The predicted molar refractivity (Wildman–Crippen MR) is 78.2 cm³/mol. The Morgan fingerprint density at radius 3 is 2.95 bits per heavy atom. The van der Waals surface area contributed by atoms with E-state index in [9.17, 15) is 4.39 Å². The smallest absolute Gasteiger partial charge is 0.161 e. The number of fused-ring (bicyclic) bond motifs is 1. The Morgan fingerprint density at radius 1 is 1.25 bits per heavy atom. The van der Waals surface area contributed by atoms with Crippen LogP contribution in [0.15, 0.2) is 24.3 Å². The minimum absolute atomic E-state index is 0.255. The van der Waals surface area contributed by atoms with Gasteiger partial charge in [-0.2, -0.15) is 0 Å². The molecule has 0 fully saturated rings. The molecule has 1 aliphatic rings. The molecule has 0 saturated heterocycles. The van der Waals surface area contributed by atoms with Gasteiger partial charge in [0.05, 0.1) is 0 Å². The SMILES string of the molecule is CCCNc1nc(-c2cccc(F)c2)nc2c1CCC2. The van der Waals surface area contributed by atoms with Crippen LogP contribution in [-0.2, 0) is 12.8 Å². The Balaban J connectivity index is 2.04. The number of benzene rings is 1. The molecule has 1 N–H and O–H groups in total. The van der Waals surface area contributed by atoms with E-state index < -0.39 is 0 Å². The first kappa shape index (κ1) is 13.0. The molecular weight excluding hydrogens is 253 g/mol. The highest BCUT2D eigenvalue weighted by molar-refractivity contribution is 5.60. The largest absolute Gasteiger partial charge is 0.370 e.